The Labute approximate surface area is 514 Å². The van der Waals surface area contributed by atoms with Crippen molar-refractivity contribution in [3.05, 3.63) is 24.3 Å². The Kier molecular flexibility index (Phi) is 72.2. The average Bonchev–Trinajstić information content (AvgIpc) is 3.49. The number of esters is 2. The molecule has 0 saturated heterocycles. The van der Waals surface area contributed by atoms with Gasteiger partial charge >= 0.3 is 11.9 Å². The minimum Gasteiger partial charge on any atom is -0.462 e. The van der Waals surface area contributed by atoms with Gasteiger partial charge in [0.25, 0.3) is 0 Å². The van der Waals surface area contributed by atoms with E-state index in [1.165, 1.54) is 372 Å². The summed E-state index contributed by atoms with van der Waals surface area (Å²) in [5.41, 5.74) is 0. The lowest BCUT2D eigenvalue weighted by Crippen LogP contribution is -2.28. The van der Waals surface area contributed by atoms with Crippen molar-refractivity contribution >= 4 is 11.9 Å². The Morgan fingerprint density at radius 3 is 0.720 bits per heavy atom. The summed E-state index contributed by atoms with van der Waals surface area (Å²) in [6, 6.07) is 0. The zero-order valence-corrected chi connectivity index (χ0v) is 56.1. The van der Waals surface area contributed by atoms with Gasteiger partial charge in [0.2, 0.25) is 0 Å². The van der Waals surface area contributed by atoms with Crippen molar-refractivity contribution in [2.75, 3.05) is 13.2 Å². The standard InChI is InChI=1S/C77H148O5/c1-3-5-7-9-11-13-15-17-19-21-23-25-27-29-31-33-34-35-36-37-38-39-40-41-42-44-46-48-50-52-54-56-58-60-62-64-66-68-70-72-77(80)82-75(73-78)74-81-76(79)71-69-67-65-63-61-59-57-55-53-51-49-47-45-43-32-30-28-26-24-22-20-18-16-14-12-10-8-6-4-2/h15,17,21,23,75,78H,3-14,16,18-20,22,24-74H2,1-2H3/b17-15-,23-21-. The van der Waals surface area contributed by atoms with E-state index in [9.17, 15) is 14.7 Å². The molecule has 0 aliphatic rings. The largest absolute Gasteiger partial charge is 0.462 e. The summed E-state index contributed by atoms with van der Waals surface area (Å²) < 4.78 is 10.8. The molecule has 82 heavy (non-hydrogen) atoms. The minimum atomic E-state index is -0.768. The molecule has 486 valence electrons. The Balaban J connectivity index is 3.35. The zero-order valence-electron chi connectivity index (χ0n) is 56.1. The molecule has 1 unspecified atom stereocenters. The lowest BCUT2D eigenvalue weighted by atomic mass is 10.0. The quantitative estimate of drug-likeness (QED) is 0.0373. The zero-order chi connectivity index (χ0) is 59.1. The highest BCUT2D eigenvalue weighted by Crippen LogP contribution is 2.20. The second kappa shape index (κ2) is 73.6. The molecular weight excluding hydrogens is 1000 g/mol. The van der Waals surface area contributed by atoms with E-state index >= 15 is 0 Å². The highest BCUT2D eigenvalue weighted by atomic mass is 16.6. The molecule has 0 saturated carbocycles. The lowest BCUT2D eigenvalue weighted by molar-refractivity contribution is -0.161. The Bertz CT molecular complexity index is 1260. The number of hydrogen-bond donors (Lipinski definition) is 1. The first-order chi connectivity index (χ1) is 40.6. The van der Waals surface area contributed by atoms with Gasteiger partial charge in [0.05, 0.1) is 6.61 Å². The van der Waals surface area contributed by atoms with E-state index < -0.39 is 6.10 Å². The molecule has 0 radical (unpaired) electrons. The van der Waals surface area contributed by atoms with Gasteiger partial charge in [-0.3, -0.25) is 9.59 Å². The van der Waals surface area contributed by atoms with E-state index in [1.54, 1.807) is 0 Å². The summed E-state index contributed by atoms with van der Waals surface area (Å²) in [6.07, 6.45) is 96.8. The van der Waals surface area contributed by atoms with E-state index in [4.69, 9.17) is 9.47 Å². The van der Waals surface area contributed by atoms with Crippen LogP contribution >= 0.6 is 0 Å². The molecule has 0 rings (SSSR count). The van der Waals surface area contributed by atoms with Crippen LogP contribution in [0.3, 0.4) is 0 Å². The number of carbonyl (C=O) groups is 2. The Morgan fingerprint density at radius 1 is 0.280 bits per heavy atom. The molecule has 0 amide bonds. The van der Waals surface area contributed by atoms with Crippen LogP contribution < -0.4 is 0 Å². The Hall–Kier alpha value is -1.62. The molecule has 0 aliphatic heterocycles. The number of ether oxygens (including phenoxy) is 2. The molecule has 5 heteroatoms. The number of allylic oxidation sites excluding steroid dienone is 4. The van der Waals surface area contributed by atoms with Gasteiger partial charge in [0.15, 0.2) is 6.10 Å². The molecule has 0 aliphatic carbocycles. The van der Waals surface area contributed by atoms with Crippen LogP contribution in [0.1, 0.15) is 438 Å². The van der Waals surface area contributed by atoms with Crippen molar-refractivity contribution in [2.45, 2.75) is 444 Å². The maximum Gasteiger partial charge on any atom is 0.306 e. The average molecular weight is 1150 g/mol. The monoisotopic (exact) mass is 1150 g/mol. The molecule has 1 atom stereocenters. The van der Waals surface area contributed by atoms with E-state index in [0.717, 1.165) is 38.5 Å². The normalized spacial score (nSPS) is 12.2. The predicted octanol–water partition coefficient (Wildman–Crippen LogP) is 26.3. The van der Waals surface area contributed by atoms with Gasteiger partial charge in [-0.1, -0.05) is 404 Å². The number of unbranched alkanes of at least 4 members (excludes halogenated alkanes) is 60. The third-order valence-corrected chi connectivity index (χ3v) is 17.7. The number of aliphatic hydroxyl groups is 1. The van der Waals surface area contributed by atoms with Crippen LogP contribution in [0, 0.1) is 0 Å². The van der Waals surface area contributed by atoms with Gasteiger partial charge in [-0.05, 0) is 44.9 Å². The van der Waals surface area contributed by atoms with Crippen molar-refractivity contribution in [2.24, 2.45) is 0 Å². The van der Waals surface area contributed by atoms with Crippen molar-refractivity contribution < 1.29 is 24.2 Å². The molecule has 0 fully saturated rings. The van der Waals surface area contributed by atoms with E-state index in [2.05, 4.69) is 38.2 Å². The van der Waals surface area contributed by atoms with Crippen molar-refractivity contribution in [1.29, 1.82) is 0 Å². The molecule has 0 bridgehead atoms. The second-order valence-corrected chi connectivity index (χ2v) is 26.1. The van der Waals surface area contributed by atoms with Crippen LogP contribution in [0.2, 0.25) is 0 Å². The Morgan fingerprint density at radius 2 is 0.488 bits per heavy atom. The fraction of sp³-hybridized carbons (Fsp3) is 0.922. The second-order valence-electron chi connectivity index (χ2n) is 26.1. The first-order valence-electron chi connectivity index (χ1n) is 37.9. The first-order valence-corrected chi connectivity index (χ1v) is 37.9. The maximum absolute atomic E-state index is 12.4. The molecule has 0 aromatic rings. The summed E-state index contributed by atoms with van der Waals surface area (Å²) in [5.74, 6) is -0.560. The molecule has 0 aromatic heterocycles. The predicted molar refractivity (Wildman–Crippen MR) is 362 cm³/mol. The fourth-order valence-corrected chi connectivity index (χ4v) is 12.1. The lowest BCUT2D eigenvalue weighted by Gasteiger charge is -2.15. The maximum atomic E-state index is 12.4. The summed E-state index contributed by atoms with van der Waals surface area (Å²) in [7, 11) is 0. The number of carbonyl (C=O) groups excluding carboxylic acids is 2. The van der Waals surface area contributed by atoms with Crippen LogP contribution in [0.4, 0.5) is 0 Å². The summed E-state index contributed by atoms with van der Waals surface area (Å²) in [6.45, 7) is 4.21. The highest BCUT2D eigenvalue weighted by Gasteiger charge is 2.16. The van der Waals surface area contributed by atoms with Gasteiger partial charge in [-0.2, -0.15) is 0 Å². The van der Waals surface area contributed by atoms with Crippen molar-refractivity contribution in [3.63, 3.8) is 0 Å². The molecule has 1 N–H and O–H groups in total. The van der Waals surface area contributed by atoms with Gasteiger partial charge in [-0.25, -0.2) is 0 Å². The van der Waals surface area contributed by atoms with Crippen molar-refractivity contribution in [1.82, 2.24) is 0 Å². The summed E-state index contributed by atoms with van der Waals surface area (Å²) in [5, 5.41) is 9.71. The smallest absolute Gasteiger partial charge is 0.306 e. The van der Waals surface area contributed by atoms with Crippen LogP contribution in [0.5, 0.6) is 0 Å². The highest BCUT2D eigenvalue weighted by molar-refractivity contribution is 5.70. The SMILES string of the molecule is CCCCCCC/C=C\C/C=C\CCCCCCCCCCCCCCCCCCCCCCCCCCCCCC(=O)OC(CO)COC(=O)CCCCCCCCCCCCCCCCCCCCCCCCCCCCCCC. The molecule has 0 heterocycles. The van der Waals surface area contributed by atoms with Crippen LogP contribution in [0.15, 0.2) is 24.3 Å². The summed E-state index contributed by atoms with van der Waals surface area (Å²) >= 11 is 0. The van der Waals surface area contributed by atoms with Crippen LogP contribution in [-0.2, 0) is 19.1 Å². The van der Waals surface area contributed by atoms with Crippen LogP contribution in [-0.4, -0.2) is 36.4 Å². The third kappa shape index (κ3) is 70.9. The topological polar surface area (TPSA) is 72.8 Å². The van der Waals surface area contributed by atoms with Gasteiger partial charge in [0, 0.05) is 12.8 Å². The first kappa shape index (κ1) is 80.4. The number of rotatable bonds is 72. The minimum absolute atomic E-state index is 0.0567. The van der Waals surface area contributed by atoms with E-state index in [-0.39, 0.29) is 25.2 Å². The molecular formula is C77H148O5. The van der Waals surface area contributed by atoms with Crippen LogP contribution in [0.25, 0.3) is 0 Å². The van der Waals surface area contributed by atoms with Gasteiger partial charge < -0.3 is 14.6 Å². The third-order valence-electron chi connectivity index (χ3n) is 17.7. The summed E-state index contributed by atoms with van der Waals surface area (Å²) in [4.78, 5) is 24.7. The number of hydrogen-bond acceptors (Lipinski definition) is 5. The molecule has 0 aromatic carbocycles. The van der Waals surface area contributed by atoms with Gasteiger partial charge in [0.1, 0.15) is 6.61 Å². The van der Waals surface area contributed by atoms with Gasteiger partial charge in [-0.15, -0.1) is 0 Å². The van der Waals surface area contributed by atoms with Crippen molar-refractivity contribution in [3.8, 4) is 0 Å². The molecule has 0 spiro atoms. The number of aliphatic hydroxyl groups excluding tert-OH is 1. The van der Waals surface area contributed by atoms with E-state index in [1.807, 2.05) is 0 Å². The van der Waals surface area contributed by atoms with E-state index in [0.29, 0.717) is 12.8 Å². The molecule has 5 nitrogen and oxygen atoms in total. The fourth-order valence-electron chi connectivity index (χ4n) is 12.1.